The van der Waals surface area contributed by atoms with E-state index in [0.717, 1.165) is 96.3 Å². The van der Waals surface area contributed by atoms with Gasteiger partial charge in [0.05, 0.1) is 26.4 Å². The Morgan fingerprint density at radius 3 is 0.687 bits per heavy atom. The Bertz CT molecular complexity index is 1890. The van der Waals surface area contributed by atoms with Crippen molar-refractivity contribution in [2.75, 3.05) is 39.6 Å². The highest BCUT2D eigenvalue weighted by Crippen LogP contribution is 2.45. The van der Waals surface area contributed by atoms with E-state index in [9.17, 15) is 43.2 Å². The number of ether oxygens (including phenoxy) is 4. The van der Waals surface area contributed by atoms with E-state index in [4.69, 9.17) is 37.0 Å². The minimum atomic E-state index is -4.96. The lowest BCUT2D eigenvalue weighted by Crippen LogP contribution is -2.30. The van der Waals surface area contributed by atoms with E-state index >= 15 is 0 Å². The Labute approximate surface area is 607 Å². The zero-order valence-electron chi connectivity index (χ0n) is 64.6. The zero-order chi connectivity index (χ0) is 72.7. The number of aliphatic hydroxyl groups excluding tert-OH is 1. The van der Waals surface area contributed by atoms with Crippen molar-refractivity contribution in [1.82, 2.24) is 0 Å². The number of rotatable bonds is 80. The molecule has 0 saturated carbocycles. The number of aliphatic hydroxyl groups is 1. The Morgan fingerprint density at radius 1 is 0.273 bits per heavy atom. The van der Waals surface area contributed by atoms with Crippen LogP contribution in [-0.4, -0.2) is 96.7 Å². The first kappa shape index (κ1) is 97.1. The predicted molar refractivity (Wildman–Crippen MR) is 405 cm³/mol. The van der Waals surface area contributed by atoms with Crippen molar-refractivity contribution in [2.45, 2.75) is 445 Å². The average Bonchev–Trinajstić information content (AvgIpc) is 1.72. The molecule has 0 aromatic carbocycles. The fourth-order valence-corrected chi connectivity index (χ4v) is 14.0. The third kappa shape index (κ3) is 74.1. The Kier molecular flexibility index (Phi) is 71.6. The van der Waals surface area contributed by atoms with Gasteiger partial charge in [-0.1, -0.05) is 375 Å². The lowest BCUT2D eigenvalue weighted by Gasteiger charge is -2.21. The largest absolute Gasteiger partial charge is 0.472 e. The molecule has 99 heavy (non-hydrogen) atoms. The van der Waals surface area contributed by atoms with Crippen molar-refractivity contribution in [1.29, 1.82) is 0 Å². The van der Waals surface area contributed by atoms with Crippen LogP contribution in [0.3, 0.4) is 0 Å². The molecule has 0 aliphatic carbocycles. The van der Waals surface area contributed by atoms with Gasteiger partial charge >= 0.3 is 39.5 Å². The molecule has 0 aromatic rings. The number of phosphoric ester groups is 2. The van der Waals surface area contributed by atoms with E-state index in [1.165, 1.54) is 244 Å². The highest BCUT2D eigenvalue weighted by atomic mass is 31.2. The number of hydrogen-bond acceptors (Lipinski definition) is 15. The van der Waals surface area contributed by atoms with Crippen molar-refractivity contribution >= 4 is 39.5 Å². The van der Waals surface area contributed by atoms with Crippen LogP contribution in [0.1, 0.15) is 426 Å². The number of carbonyl (C=O) groups is 4. The van der Waals surface area contributed by atoms with Gasteiger partial charge in [0.2, 0.25) is 0 Å². The number of esters is 4. The van der Waals surface area contributed by atoms with Gasteiger partial charge in [-0.2, -0.15) is 0 Å². The van der Waals surface area contributed by atoms with Crippen molar-refractivity contribution < 1.29 is 80.2 Å². The van der Waals surface area contributed by atoms with E-state index in [2.05, 4.69) is 34.6 Å². The lowest BCUT2D eigenvalue weighted by molar-refractivity contribution is -0.161. The Morgan fingerprint density at radius 2 is 0.465 bits per heavy atom. The zero-order valence-corrected chi connectivity index (χ0v) is 66.4. The lowest BCUT2D eigenvalue weighted by atomic mass is 10.0. The second-order valence-corrected chi connectivity index (χ2v) is 32.2. The smallest absolute Gasteiger partial charge is 0.462 e. The second-order valence-electron chi connectivity index (χ2n) is 29.3. The molecule has 0 heterocycles. The first-order valence-corrected chi connectivity index (χ1v) is 44.6. The van der Waals surface area contributed by atoms with Gasteiger partial charge in [0.15, 0.2) is 12.2 Å². The molecule has 0 aromatic heterocycles. The van der Waals surface area contributed by atoms with Crippen molar-refractivity contribution in [3.8, 4) is 0 Å². The van der Waals surface area contributed by atoms with Gasteiger partial charge in [-0.05, 0) is 31.6 Å². The monoisotopic (exact) mass is 1450 g/mol. The van der Waals surface area contributed by atoms with Crippen LogP contribution in [0.25, 0.3) is 0 Å². The third-order valence-corrected chi connectivity index (χ3v) is 20.7. The van der Waals surface area contributed by atoms with Gasteiger partial charge in [0, 0.05) is 25.7 Å². The highest BCUT2D eigenvalue weighted by Gasteiger charge is 2.30. The van der Waals surface area contributed by atoms with Crippen molar-refractivity contribution in [3.05, 3.63) is 0 Å². The molecular formula is C80H156O17P2. The molecule has 0 amide bonds. The average molecular weight is 1450 g/mol. The molecule has 0 spiro atoms. The minimum Gasteiger partial charge on any atom is -0.462 e. The molecule has 2 unspecified atom stereocenters. The van der Waals surface area contributed by atoms with Crippen LogP contribution in [-0.2, 0) is 65.4 Å². The molecule has 0 bridgehead atoms. The van der Waals surface area contributed by atoms with Crippen LogP contribution in [0.4, 0.5) is 0 Å². The Hall–Kier alpha value is -1.94. The molecule has 0 aliphatic rings. The fraction of sp³-hybridized carbons (Fsp3) is 0.950. The summed E-state index contributed by atoms with van der Waals surface area (Å²) in [7, 11) is -9.92. The first-order valence-electron chi connectivity index (χ1n) is 41.6. The summed E-state index contributed by atoms with van der Waals surface area (Å²) in [6.07, 6.45) is 63.9. The molecule has 5 atom stereocenters. The van der Waals surface area contributed by atoms with Crippen LogP contribution in [0, 0.1) is 5.92 Å². The molecule has 0 fully saturated rings. The van der Waals surface area contributed by atoms with Crippen LogP contribution in [0.5, 0.6) is 0 Å². The minimum absolute atomic E-state index is 0.108. The summed E-state index contributed by atoms with van der Waals surface area (Å²) in [5.74, 6) is -1.40. The SMILES string of the molecule is CCCCCCCCCCCCCCCCCCCCCC(=O)O[C@H](COC(=O)CCCCCCCCCCCCCCCCC)COP(=O)(O)OC[C@@H](O)COP(=O)(O)OC[C@@H](COC(=O)CCCCCCCCCC(C)C)OC(=O)CCCCCCCCCCCCCCCCC. The molecule has 0 saturated heterocycles. The van der Waals surface area contributed by atoms with Crippen LogP contribution < -0.4 is 0 Å². The standard InChI is InChI=1S/C80H156O17P2/c1-6-9-12-15-18-21-24-27-30-31-32-33-36-39-42-45-50-56-61-66-79(84)96-75(69-90-77(82)63-58-53-48-43-40-37-34-28-25-22-19-16-13-10-7-2)71-94-98(86,87)92-67-74(81)68-93-99(88,89)95-72-76(70-91-78(83)64-59-54-51-46-47-52-57-62-73(4)5)97-80(85)65-60-55-49-44-41-38-35-29-26-23-20-17-14-11-8-3/h73-76,81H,6-72H2,1-5H3,(H,86,87)(H,88,89)/t74-,75-,76-/m1/s1. The van der Waals surface area contributed by atoms with E-state index in [-0.39, 0.29) is 25.7 Å². The van der Waals surface area contributed by atoms with Crippen molar-refractivity contribution in [3.63, 3.8) is 0 Å². The third-order valence-electron chi connectivity index (χ3n) is 18.8. The van der Waals surface area contributed by atoms with Crippen LogP contribution in [0.15, 0.2) is 0 Å². The number of carbonyl (C=O) groups excluding carboxylic acids is 4. The van der Waals surface area contributed by atoms with E-state index in [1.807, 2.05) is 0 Å². The first-order chi connectivity index (χ1) is 48.0. The summed E-state index contributed by atoms with van der Waals surface area (Å²) in [4.78, 5) is 73.0. The highest BCUT2D eigenvalue weighted by molar-refractivity contribution is 7.47. The summed E-state index contributed by atoms with van der Waals surface area (Å²) in [5.41, 5.74) is 0. The van der Waals surface area contributed by atoms with Crippen LogP contribution >= 0.6 is 15.6 Å². The molecule has 0 aliphatic heterocycles. The normalized spacial score (nSPS) is 13.9. The molecule has 0 radical (unpaired) electrons. The topological polar surface area (TPSA) is 237 Å². The van der Waals surface area contributed by atoms with Crippen LogP contribution in [0.2, 0.25) is 0 Å². The fourth-order valence-electron chi connectivity index (χ4n) is 12.4. The molecule has 19 heteroatoms. The summed E-state index contributed by atoms with van der Waals surface area (Å²) < 4.78 is 68.7. The van der Waals surface area contributed by atoms with E-state index < -0.39 is 97.5 Å². The summed E-state index contributed by atoms with van der Waals surface area (Å²) in [5, 5.41) is 10.6. The molecule has 0 rings (SSSR count). The Balaban J connectivity index is 5.23. The maximum absolute atomic E-state index is 13.1. The predicted octanol–water partition coefficient (Wildman–Crippen LogP) is 24.0. The quantitative estimate of drug-likeness (QED) is 0.0222. The van der Waals surface area contributed by atoms with E-state index in [1.54, 1.807) is 0 Å². The molecule has 588 valence electrons. The van der Waals surface area contributed by atoms with Gasteiger partial charge in [-0.25, -0.2) is 9.13 Å². The maximum Gasteiger partial charge on any atom is 0.472 e. The van der Waals surface area contributed by atoms with Gasteiger partial charge in [0.25, 0.3) is 0 Å². The van der Waals surface area contributed by atoms with Gasteiger partial charge < -0.3 is 33.8 Å². The summed E-state index contributed by atoms with van der Waals surface area (Å²) >= 11 is 0. The summed E-state index contributed by atoms with van der Waals surface area (Å²) in [6, 6.07) is 0. The van der Waals surface area contributed by atoms with Crippen molar-refractivity contribution in [2.24, 2.45) is 5.92 Å². The second kappa shape index (κ2) is 73.0. The van der Waals surface area contributed by atoms with Gasteiger partial charge in [-0.3, -0.25) is 37.3 Å². The summed E-state index contributed by atoms with van der Waals surface area (Å²) in [6.45, 7) is 7.28. The number of unbranched alkanes of at least 4 members (excludes halogenated alkanes) is 52. The maximum atomic E-state index is 13.1. The molecular weight excluding hydrogens is 1290 g/mol. The van der Waals surface area contributed by atoms with Gasteiger partial charge in [0.1, 0.15) is 19.3 Å². The number of hydrogen-bond donors (Lipinski definition) is 3. The number of phosphoric acid groups is 2. The van der Waals surface area contributed by atoms with E-state index in [0.29, 0.717) is 31.6 Å². The molecule has 17 nitrogen and oxygen atoms in total. The molecule has 3 N–H and O–H groups in total. The van der Waals surface area contributed by atoms with Gasteiger partial charge in [-0.15, -0.1) is 0 Å².